The van der Waals surface area contributed by atoms with Crippen LogP contribution in [0.5, 0.6) is 0 Å². The van der Waals surface area contributed by atoms with Gasteiger partial charge in [0.25, 0.3) is 0 Å². The molecule has 0 saturated carbocycles. The van der Waals surface area contributed by atoms with Crippen LogP contribution < -0.4 is 10.6 Å². The van der Waals surface area contributed by atoms with Crippen molar-refractivity contribution in [3.63, 3.8) is 0 Å². The number of carboxylic acids is 1. The van der Waals surface area contributed by atoms with Crippen LogP contribution in [0.25, 0.3) is 0 Å². The first-order valence-electron chi connectivity index (χ1n) is 8.86. The molecule has 0 saturated heterocycles. The SMILES string of the molecule is O=C(O)C1=C(OCCO)CC=C(Nc2ncc(Br)c(Nc3ccc(F)cc3)n2)C=C1. The smallest absolute Gasteiger partial charge is 0.339 e. The first-order valence-corrected chi connectivity index (χ1v) is 9.66. The highest BCUT2D eigenvalue weighted by Gasteiger charge is 2.16. The number of hydrogen-bond acceptors (Lipinski definition) is 7. The minimum Gasteiger partial charge on any atom is -0.494 e. The van der Waals surface area contributed by atoms with Crippen molar-refractivity contribution < 1.29 is 24.1 Å². The van der Waals surface area contributed by atoms with E-state index in [2.05, 4.69) is 36.5 Å². The van der Waals surface area contributed by atoms with Crippen LogP contribution in [0.3, 0.4) is 0 Å². The van der Waals surface area contributed by atoms with Gasteiger partial charge in [0, 0.05) is 24.0 Å². The van der Waals surface area contributed by atoms with Crippen molar-refractivity contribution in [1.82, 2.24) is 9.97 Å². The highest BCUT2D eigenvalue weighted by molar-refractivity contribution is 9.10. The number of halogens is 2. The number of aliphatic hydroxyl groups excluding tert-OH is 1. The van der Waals surface area contributed by atoms with Crippen LogP contribution in [0.2, 0.25) is 0 Å². The molecule has 1 aromatic heterocycles. The van der Waals surface area contributed by atoms with Crippen molar-refractivity contribution in [3.05, 3.63) is 76.0 Å². The number of carbonyl (C=O) groups is 1. The topological polar surface area (TPSA) is 117 Å². The maximum absolute atomic E-state index is 13.1. The maximum Gasteiger partial charge on any atom is 0.339 e. The molecular weight excluding hydrogens is 459 g/mol. The molecule has 0 radical (unpaired) electrons. The van der Waals surface area contributed by atoms with Gasteiger partial charge in [0.2, 0.25) is 5.95 Å². The Morgan fingerprint density at radius 3 is 2.70 bits per heavy atom. The highest BCUT2D eigenvalue weighted by atomic mass is 79.9. The first kappa shape index (κ1) is 21.5. The molecule has 0 unspecified atom stereocenters. The number of nitrogens with zero attached hydrogens (tertiary/aromatic N) is 2. The molecule has 156 valence electrons. The molecule has 1 aliphatic rings. The van der Waals surface area contributed by atoms with Crippen LogP contribution in [0.15, 0.2) is 70.2 Å². The van der Waals surface area contributed by atoms with Gasteiger partial charge in [-0.05, 0) is 52.3 Å². The van der Waals surface area contributed by atoms with Crippen LogP contribution in [0.4, 0.5) is 21.8 Å². The van der Waals surface area contributed by atoms with E-state index < -0.39 is 5.97 Å². The summed E-state index contributed by atoms with van der Waals surface area (Å²) in [5.74, 6) is -0.475. The fourth-order valence-corrected chi connectivity index (χ4v) is 2.84. The molecule has 0 fully saturated rings. The predicted octanol–water partition coefficient (Wildman–Crippen LogP) is 3.73. The average Bonchev–Trinajstić information content (AvgIpc) is 2.93. The molecule has 3 rings (SSSR count). The zero-order valence-electron chi connectivity index (χ0n) is 15.6. The Balaban J connectivity index is 1.76. The fourth-order valence-electron chi connectivity index (χ4n) is 2.55. The van der Waals surface area contributed by atoms with Gasteiger partial charge < -0.3 is 25.6 Å². The van der Waals surface area contributed by atoms with Gasteiger partial charge in [-0.15, -0.1) is 0 Å². The largest absolute Gasteiger partial charge is 0.494 e. The molecule has 10 heteroatoms. The molecule has 30 heavy (non-hydrogen) atoms. The molecule has 8 nitrogen and oxygen atoms in total. The van der Waals surface area contributed by atoms with Crippen molar-refractivity contribution in [3.8, 4) is 0 Å². The normalized spacial score (nSPS) is 13.5. The lowest BCUT2D eigenvalue weighted by molar-refractivity contribution is -0.132. The molecule has 0 bridgehead atoms. The molecule has 1 heterocycles. The summed E-state index contributed by atoms with van der Waals surface area (Å²) in [5.41, 5.74) is 1.23. The van der Waals surface area contributed by atoms with E-state index in [1.165, 1.54) is 18.2 Å². The van der Waals surface area contributed by atoms with E-state index in [1.54, 1.807) is 30.5 Å². The number of carboxylic acid groups (broad SMARTS) is 1. The van der Waals surface area contributed by atoms with Crippen LogP contribution in [-0.2, 0) is 9.53 Å². The zero-order chi connectivity index (χ0) is 21.5. The minimum atomic E-state index is -1.13. The Morgan fingerprint density at radius 2 is 2.00 bits per heavy atom. The Morgan fingerprint density at radius 1 is 1.23 bits per heavy atom. The zero-order valence-corrected chi connectivity index (χ0v) is 17.2. The van der Waals surface area contributed by atoms with Gasteiger partial charge in [0.15, 0.2) is 0 Å². The molecule has 0 spiro atoms. The Hall–Kier alpha value is -3.24. The van der Waals surface area contributed by atoms with Crippen LogP contribution in [0, 0.1) is 5.82 Å². The van der Waals surface area contributed by atoms with Crippen LogP contribution in [-0.4, -0.2) is 39.4 Å². The second-order valence-electron chi connectivity index (χ2n) is 6.06. The summed E-state index contributed by atoms with van der Waals surface area (Å²) in [5, 5.41) is 24.4. The van der Waals surface area contributed by atoms with E-state index in [0.717, 1.165) is 0 Å². The predicted molar refractivity (Wildman–Crippen MR) is 113 cm³/mol. The Kier molecular flexibility index (Phi) is 7.15. The van der Waals surface area contributed by atoms with Gasteiger partial charge in [0.05, 0.1) is 16.7 Å². The second kappa shape index (κ2) is 9.99. The lowest BCUT2D eigenvalue weighted by Crippen LogP contribution is -2.07. The summed E-state index contributed by atoms with van der Waals surface area (Å²) >= 11 is 3.37. The van der Waals surface area contributed by atoms with Crippen molar-refractivity contribution >= 4 is 39.4 Å². The highest BCUT2D eigenvalue weighted by Crippen LogP contribution is 2.25. The van der Waals surface area contributed by atoms with Gasteiger partial charge in [-0.3, -0.25) is 0 Å². The van der Waals surface area contributed by atoms with Gasteiger partial charge in [-0.2, -0.15) is 4.98 Å². The standard InChI is InChI=1S/C20H18BrFN4O4/c21-16-11-23-20(26-18(16)24-13-3-1-12(22)2-4-13)25-14-5-7-15(19(28)29)17(8-6-14)30-10-9-27/h1-7,11,27H,8-10H2,(H,28,29)(H2,23,24,25,26). The van der Waals surface area contributed by atoms with E-state index in [1.807, 2.05) is 0 Å². The number of aliphatic hydroxyl groups is 1. The van der Waals surface area contributed by atoms with Crippen molar-refractivity contribution in [2.75, 3.05) is 23.8 Å². The molecule has 2 aromatic rings. The van der Waals surface area contributed by atoms with E-state index in [4.69, 9.17) is 9.84 Å². The Bertz CT molecular complexity index is 1020. The Labute approximate surface area is 179 Å². The van der Waals surface area contributed by atoms with Gasteiger partial charge in [0.1, 0.15) is 24.0 Å². The third-order valence-electron chi connectivity index (χ3n) is 3.94. The van der Waals surface area contributed by atoms with E-state index in [-0.39, 0.29) is 42.7 Å². The molecule has 0 amide bonds. The van der Waals surface area contributed by atoms with Crippen LogP contribution >= 0.6 is 15.9 Å². The van der Waals surface area contributed by atoms with E-state index in [0.29, 0.717) is 21.7 Å². The fraction of sp³-hybridized carbons (Fsp3) is 0.150. The molecular formula is C20H18BrFN4O4. The summed E-state index contributed by atoms with van der Waals surface area (Å²) in [6.07, 6.45) is 6.50. The summed E-state index contributed by atoms with van der Waals surface area (Å²) < 4.78 is 19.0. The number of ether oxygens (including phenoxy) is 1. The average molecular weight is 477 g/mol. The van der Waals surface area contributed by atoms with Gasteiger partial charge in [-0.25, -0.2) is 14.2 Å². The lowest BCUT2D eigenvalue weighted by Gasteiger charge is -2.11. The number of allylic oxidation sites excluding steroid dienone is 2. The van der Waals surface area contributed by atoms with Gasteiger partial charge >= 0.3 is 5.97 Å². The monoisotopic (exact) mass is 476 g/mol. The first-order chi connectivity index (χ1) is 14.5. The number of hydrogen-bond donors (Lipinski definition) is 4. The molecule has 1 aromatic carbocycles. The van der Waals surface area contributed by atoms with Crippen molar-refractivity contribution in [2.45, 2.75) is 6.42 Å². The number of aromatic nitrogens is 2. The number of anilines is 3. The van der Waals surface area contributed by atoms with E-state index in [9.17, 15) is 14.3 Å². The molecule has 0 atom stereocenters. The lowest BCUT2D eigenvalue weighted by atomic mass is 10.2. The number of rotatable bonds is 8. The second-order valence-corrected chi connectivity index (χ2v) is 6.91. The summed E-state index contributed by atoms with van der Waals surface area (Å²) in [4.78, 5) is 20.1. The van der Waals surface area contributed by atoms with E-state index >= 15 is 0 Å². The van der Waals surface area contributed by atoms with Gasteiger partial charge in [-0.1, -0.05) is 6.08 Å². The number of aliphatic carboxylic acids is 1. The number of nitrogens with one attached hydrogen (secondary N) is 2. The third-order valence-corrected chi connectivity index (χ3v) is 4.52. The molecule has 0 aliphatic heterocycles. The maximum atomic E-state index is 13.1. The molecule has 1 aliphatic carbocycles. The van der Waals surface area contributed by atoms with Crippen LogP contribution in [0.1, 0.15) is 6.42 Å². The quantitative estimate of drug-likeness (QED) is 0.455. The number of benzene rings is 1. The van der Waals surface area contributed by atoms with Crippen molar-refractivity contribution in [1.29, 1.82) is 0 Å². The molecule has 4 N–H and O–H groups in total. The summed E-state index contributed by atoms with van der Waals surface area (Å²) in [6.45, 7) is -0.212. The summed E-state index contributed by atoms with van der Waals surface area (Å²) in [7, 11) is 0. The minimum absolute atomic E-state index is 0.00476. The summed E-state index contributed by atoms with van der Waals surface area (Å²) in [6, 6.07) is 5.84. The van der Waals surface area contributed by atoms with Crippen molar-refractivity contribution in [2.24, 2.45) is 0 Å². The third kappa shape index (κ3) is 5.65.